The standard InChI is InChI=1S/C48H102P2/c1-7-13-19-33-41-49(42-34-20-14-8-2,43-35-21-15-9-3)47-39-31-29-27-25-26-28-30-32-40-48-50(44-36-22-16-10-4,45-37-23-17-11-5)46-38-24-18-12-6/h41,50H,7-40,42-48H2,1-6H3. The van der Waals surface area contributed by atoms with E-state index in [1.54, 1.807) is 68.8 Å². The van der Waals surface area contributed by atoms with Crippen LogP contribution in [-0.2, 0) is 0 Å². The molecule has 0 heterocycles. The van der Waals surface area contributed by atoms with Crippen molar-refractivity contribution in [2.75, 3.05) is 43.1 Å². The fourth-order valence-corrected chi connectivity index (χ4v) is 19.0. The SMILES string of the molecule is CCCCCC=P(CCCCCC)(CCCCCC)CCCCCCCCCCCC[PH](CCCCCC)(CCCCCC)CCCCCC. The molecule has 0 aromatic heterocycles. The van der Waals surface area contributed by atoms with Crippen molar-refractivity contribution in [1.82, 2.24) is 0 Å². The van der Waals surface area contributed by atoms with E-state index in [2.05, 4.69) is 47.3 Å². The number of rotatable bonds is 42. The van der Waals surface area contributed by atoms with E-state index in [0.717, 1.165) is 0 Å². The molecule has 0 aromatic rings. The molecule has 0 nitrogen and oxygen atoms in total. The molecule has 0 bridgehead atoms. The van der Waals surface area contributed by atoms with Crippen LogP contribution in [0.25, 0.3) is 0 Å². The third kappa shape index (κ3) is 31.1. The van der Waals surface area contributed by atoms with Crippen LogP contribution in [0.4, 0.5) is 0 Å². The summed E-state index contributed by atoms with van der Waals surface area (Å²) in [5.74, 6) is 2.98. The Kier molecular flexibility index (Phi) is 40.0. The Balaban J connectivity index is 4.68. The predicted octanol–water partition coefficient (Wildman–Crippen LogP) is 17.9. The molecule has 0 saturated heterocycles. The minimum absolute atomic E-state index is 0.858. The van der Waals surface area contributed by atoms with Gasteiger partial charge in [0.2, 0.25) is 0 Å². The van der Waals surface area contributed by atoms with E-state index in [0.29, 0.717) is 0 Å². The summed E-state index contributed by atoms with van der Waals surface area (Å²) in [5, 5.41) is 0. The van der Waals surface area contributed by atoms with Gasteiger partial charge >= 0.3 is 200 Å². The molecule has 0 aliphatic heterocycles. The number of hydrogen-bond donors (Lipinski definition) is 0. The van der Waals surface area contributed by atoms with Gasteiger partial charge in [0.15, 0.2) is 0 Å². The number of unbranched alkanes of at least 4 members (excludes halogenated alkanes) is 27. The zero-order valence-electron chi connectivity index (χ0n) is 36.5. The van der Waals surface area contributed by atoms with E-state index >= 15 is 0 Å². The Morgan fingerprint density at radius 2 is 0.520 bits per heavy atom. The molecule has 0 rings (SSSR count). The minimum atomic E-state index is -1.09. The monoisotopic (exact) mass is 741 g/mol. The van der Waals surface area contributed by atoms with Crippen LogP contribution in [0.1, 0.15) is 260 Å². The van der Waals surface area contributed by atoms with E-state index in [-0.39, 0.29) is 0 Å². The second-order valence-electron chi connectivity index (χ2n) is 17.4. The quantitative estimate of drug-likeness (QED) is 0.0432. The molecule has 0 fully saturated rings. The Morgan fingerprint density at radius 3 is 0.840 bits per heavy atom. The van der Waals surface area contributed by atoms with Crippen molar-refractivity contribution in [3.8, 4) is 0 Å². The summed E-state index contributed by atoms with van der Waals surface area (Å²) < 4.78 is 0. The van der Waals surface area contributed by atoms with Crippen LogP contribution >= 0.6 is 14.1 Å². The number of hydrogen-bond acceptors (Lipinski definition) is 0. The van der Waals surface area contributed by atoms with Crippen LogP contribution in [0.2, 0.25) is 0 Å². The van der Waals surface area contributed by atoms with Crippen LogP contribution in [0.15, 0.2) is 0 Å². The fourth-order valence-electron chi connectivity index (χ4n) is 8.95. The van der Waals surface area contributed by atoms with Gasteiger partial charge < -0.3 is 0 Å². The van der Waals surface area contributed by atoms with Crippen molar-refractivity contribution in [3.05, 3.63) is 0 Å². The first-order chi connectivity index (χ1) is 24.6. The molecule has 0 N–H and O–H groups in total. The molecule has 304 valence electrons. The van der Waals surface area contributed by atoms with Gasteiger partial charge in [-0.2, -0.15) is 0 Å². The van der Waals surface area contributed by atoms with Crippen LogP contribution in [0.5, 0.6) is 0 Å². The normalized spacial score (nSPS) is 12.6. The van der Waals surface area contributed by atoms with Gasteiger partial charge in [0.1, 0.15) is 0 Å². The van der Waals surface area contributed by atoms with E-state index in [4.69, 9.17) is 0 Å². The molecule has 0 aliphatic carbocycles. The first-order valence-corrected chi connectivity index (χ1v) is 29.5. The van der Waals surface area contributed by atoms with Crippen molar-refractivity contribution in [1.29, 1.82) is 0 Å². The van der Waals surface area contributed by atoms with Gasteiger partial charge in [0.05, 0.1) is 0 Å². The van der Waals surface area contributed by atoms with Crippen LogP contribution in [0, 0.1) is 0 Å². The van der Waals surface area contributed by atoms with E-state index < -0.39 is 14.1 Å². The van der Waals surface area contributed by atoms with Gasteiger partial charge in [-0.1, -0.05) is 77.9 Å². The maximum absolute atomic E-state index is 2.98. The zero-order valence-corrected chi connectivity index (χ0v) is 38.4. The van der Waals surface area contributed by atoms with Gasteiger partial charge in [0.25, 0.3) is 0 Å². The molecule has 0 aliphatic rings. The third-order valence-corrected chi connectivity index (χ3v) is 22.8. The van der Waals surface area contributed by atoms with Gasteiger partial charge in [-0.3, -0.25) is 0 Å². The van der Waals surface area contributed by atoms with Crippen molar-refractivity contribution in [2.24, 2.45) is 0 Å². The molecule has 0 amide bonds. The molecular formula is C48H102P2. The zero-order chi connectivity index (χ0) is 36.7. The molecule has 0 unspecified atom stereocenters. The second kappa shape index (κ2) is 39.4. The molecular weight excluding hydrogens is 638 g/mol. The van der Waals surface area contributed by atoms with Crippen molar-refractivity contribution >= 4 is 19.9 Å². The predicted molar refractivity (Wildman–Crippen MR) is 246 cm³/mol. The molecule has 0 radical (unpaired) electrons. The van der Waals surface area contributed by atoms with Gasteiger partial charge in [-0.25, -0.2) is 0 Å². The van der Waals surface area contributed by atoms with Gasteiger partial charge in [0, 0.05) is 0 Å². The van der Waals surface area contributed by atoms with Crippen LogP contribution in [0.3, 0.4) is 0 Å². The summed E-state index contributed by atoms with van der Waals surface area (Å²) in [5.41, 5.74) is 0. The summed E-state index contributed by atoms with van der Waals surface area (Å²) in [7, 11) is -1.09. The van der Waals surface area contributed by atoms with Gasteiger partial charge in [-0.05, 0) is 38.0 Å². The molecule has 2 heteroatoms. The maximum atomic E-state index is 2.98. The Hall–Kier alpha value is 0.730. The molecule has 0 aromatic carbocycles. The summed E-state index contributed by atoms with van der Waals surface area (Å²) in [6, 6.07) is 0. The summed E-state index contributed by atoms with van der Waals surface area (Å²) in [4.78, 5) is 0. The molecule has 0 saturated carbocycles. The first-order valence-electron chi connectivity index (χ1n) is 24.3. The van der Waals surface area contributed by atoms with E-state index in [1.165, 1.54) is 193 Å². The van der Waals surface area contributed by atoms with Crippen molar-refractivity contribution < 1.29 is 0 Å². The topological polar surface area (TPSA) is 0 Å². The Bertz CT molecular complexity index is 649. The fraction of sp³-hybridized carbons (Fsp3) is 0.979. The molecule has 50 heavy (non-hydrogen) atoms. The van der Waals surface area contributed by atoms with E-state index in [9.17, 15) is 0 Å². The molecule has 0 spiro atoms. The first kappa shape index (κ1) is 50.7. The Morgan fingerprint density at radius 1 is 0.280 bits per heavy atom. The van der Waals surface area contributed by atoms with Crippen molar-refractivity contribution in [3.63, 3.8) is 0 Å². The average Bonchev–Trinajstić information content (AvgIpc) is 3.13. The van der Waals surface area contributed by atoms with E-state index in [1.807, 2.05) is 0 Å². The van der Waals surface area contributed by atoms with Crippen LogP contribution < -0.4 is 0 Å². The second-order valence-corrected chi connectivity index (χ2v) is 26.6. The summed E-state index contributed by atoms with van der Waals surface area (Å²) in [6.07, 6.45) is 61.7. The summed E-state index contributed by atoms with van der Waals surface area (Å²) in [6.45, 7) is 13.4. The Labute approximate surface area is 321 Å². The third-order valence-electron chi connectivity index (χ3n) is 12.5. The average molecular weight is 741 g/mol. The van der Waals surface area contributed by atoms with Crippen molar-refractivity contribution in [2.45, 2.75) is 260 Å². The van der Waals surface area contributed by atoms with Crippen LogP contribution in [-0.4, -0.2) is 48.9 Å². The summed E-state index contributed by atoms with van der Waals surface area (Å²) >= 11 is 0. The van der Waals surface area contributed by atoms with Gasteiger partial charge in [-0.15, -0.1) is 6.89 Å². The molecule has 0 atom stereocenters.